The highest BCUT2D eigenvalue weighted by Gasteiger charge is 2.56. The van der Waals surface area contributed by atoms with E-state index in [0.717, 1.165) is 21.9 Å². The van der Waals surface area contributed by atoms with Gasteiger partial charge in [0, 0.05) is 11.5 Å². The average Bonchev–Trinajstić information content (AvgIpc) is 2.69. The van der Waals surface area contributed by atoms with Gasteiger partial charge >= 0.3 is 5.97 Å². The van der Waals surface area contributed by atoms with Crippen LogP contribution in [0.2, 0.25) is 0 Å². The van der Waals surface area contributed by atoms with Gasteiger partial charge in [-0.2, -0.15) is 0 Å². The molecule has 4 nitrogen and oxygen atoms in total. The van der Waals surface area contributed by atoms with Gasteiger partial charge in [0.05, 0.1) is 0 Å². The molecule has 0 saturated carbocycles. The Bertz CT molecular complexity index is 1100. The fourth-order valence-corrected chi connectivity index (χ4v) is 4.13. The summed E-state index contributed by atoms with van der Waals surface area (Å²) in [6, 6.07) is 20.7. The Morgan fingerprint density at radius 3 is 2.41 bits per heavy atom. The van der Waals surface area contributed by atoms with Crippen LogP contribution in [0.15, 0.2) is 66.7 Å². The second-order valence-electron chi connectivity index (χ2n) is 8.58. The second-order valence-corrected chi connectivity index (χ2v) is 8.58. The van der Waals surface area contributed by atoms with Crippen LogP contribution in [0, 0.1) is 0 Å². The quantitative estimate of drug-likeness (QED) is 0.521. The first-order valence-corrected chi connectivity index (χ1v) is 9.78. The van der Waals surface area contributed by atoms with Gasteiger partial charge in [-0.15, -0.1) is 0 Å². The lowest BCUT2D eigenvalue weighted by Crippen LogP contribution is -2.56. The molecule has 0 aromatic heterocycles. The van der Waals surface area contributed by atoms with Crippen molar-refractivity contribution in [1.82, 2.24) is 0 Å². The predicted molar refractivity (Wildman–Crippen MR) is 112 cm³/mol. The number of ether oxygens (including phenoxy) is 1. The maximum atomic E-state index is 13.4. The third-order valence-electron chi connectivity index (χ3n) is 5.45. The Hall–Kier alpha value is -2.98. The number of Topliss-reactive ketones (excluding diaryl/α,β-unsaturated/α-hetero) is 1. The Balaban J connectivity index is 1.94. The maximum Gasteiger partial charge on any atom is 0.347 e. The summed E-state index contributed by atoms with van der Waals surface area (Å²) in [5.41, 5.74) is -1.15. The topological polar surface area (TPSA) is 63.6 Å². The molecule has 0 unspecified atom stereocenters. The zero-order valence-corrected chi connectivity index (χ0v) is 16.8. The first-order chi connectivity index (χ1) is 13.7. The van der Waals surface area contributed by atoms with E-state index in [1.165, 1.54) is 0 Å². The van der Waals surface area contributed by atoms with Crippen molar-refractivity contribution in [3.8, 4) is 0 Å². The fraction of sp³-hybridized carbons (Fsp3) is 0.280. The van der Waals surface area contributed by atoms with Crippen molar-refractivity contribution in [2.24, 2.45) is 0 Å². The molecule has 0 spiro atoms. The number of carbonyl (C=O) groups excluding carboxylic acids is 2. The average molecular weight is 388 g/mol. The van der Waals surface area contributed by atoms with Crippen LogP contribution in [0.25, 0.3) is 10.8 Å². The van der Waals surface area contributed by atoms with Crippen molar-refractivity contribution in [3.05, 3.63) is 83.4 Å². The van der Waals surface area contributed by atoms with Crippen LogP contribution in [-0.4, -0.2) is 28.1 Å². The maximum absolute atomic E-state index is 13.4. The van der Waals surface area contributed by atoms with Crippen LogP contribution in [0.5, 0.6) is 0 Å². The van der Waals surface area contributed by atoms with Crippen molar-refractivity contribution in [2.45, 2.75) is 44.3 Å². The summed E-state index contributed by atoms with van der Waals surface area (Å²) < 4.78 is 5.52. The molecule has 3 aromatic rings. The number of carbonyl (C=O) groups is 2. The van der Waals surface area contributed by atoms with E-state index in [1.54, 1.807) is 32.9 Å². The van der Waals surface area contributed by atoms with Crippen molar-refractivity contribution >= 4 is 22.5 Å². The summed E-state index contributed by atoms with van der Waals surface area (Å²) in [5.74, 6) is -2.25. The molecule has 0 saturated heterocycles. The second kappa shape index (κ2) is 6.82. The largest absolute Gasteiger partial charge is 0.457 e. The fourth-order valence-electron chi connectivity index (χ4n) is 4.13. The summed E-state index contributed by atoms with van der Waals surface area (Å²) in [6.45, 7) is 5.17. The van der Waals surface area contributed by atoms with Gasteiger partial charge in [0.15, 0.2) is 0 Å². The number of hydrogen-bond donors (Lipinski definition) is 1. The number of fused-ring (bicyclic) bond motifs is 2. The summed E-state index contributed by atoms with van der Waals surface area (Å²) >= 11 is 0. The molecule has 148 valence electrons. The van der Waals surface area contributed by atoms with E-state index in [2.05, 4.69) is 0 Å². The summed E-state index contributed by atoms with van der Waals surface area (Å²) in [6.07, 6.45) is 0.367. The van der Waals surface area contributed by atoms with Gasteiger partial charge in [-0.05, 0) is 49.1 Å². The Morgan fingerprint density at radius 1 is 1.00 bits per heavy atom. The number of ketones is 1. The number of hydrogen-bond acceptors (Lipinski definition) is 4. The molecule has 1 aliphatic rings. The van der Waals surface area contributed by atoms with E-state index in [0.29, 0.717) is 12.0 Å². The van der Waals surface area contributed by atoms with E-state index in [1.807, 2.05) is 54.6 Å². The summed E-state index contributed by atoms with van der Waals surface area (Å²) in [5, 5.41) is 13.6. The molecule has 0 aliphatic heterocycles. The van der Waals surface area contributed by atoms with Gasteiger partial charge < -0.3 is 9.84 Å². The molecular formula is C25H24O4. The van der Waals surface area contributed by atoms with E-state index in [-0.39, 0.29) is 0 Å². The van der Waals surface area contributed by atoms with E-state index >= 15 is 0 Å². The van der Waals surface area contributed by atoms with Crippen LogP contribution in [0.1, 0.15) is 48.2 Å². The lowest BCUT2D eigenvalue weighted by Gasteiger charge is -2.39. The smallest absolute Gasteiger partial charge is 0.347 e. The minimum Gasteiger partial charge on any atom is -0.457 e. The first-order valence-electron chi connectivity index (χ1n) is 9.78. The van der Waals surface area contributed by atoms with Crippen molar-refractivity contribution in [3.63, 3.8) is 0 Å². The number of esters is 1. The van der Waals surface area contributed by atoms with Crippen LogP contribution in [0.3, 0.4) is 0 Å². The highest BCUT2D eigenvalue weighted by atomic mass is 16.6. The third kappa shape index (κ3) is 3.23. The molecule has 4 rings (SSSR count). The predicted octanol–water partition coefficient (Wildman–Crippen LogP) is 4.44. The Labute approximate surface area is 170 Å². The number of aliphatic hydroxyl groups is 1. The van der Waals surface area contributed by atoms with E-state index in [9.17, 15) is 14.7 Å². The van der Waals surface area contributed by atoms with Crippen LogP contribution >= 0.6 is 0 Å². The minimum absolute atomic E-state index is 0.367. The molecule has 29 heavy (non-hydrogen) atoms. The van der Waals surface area contributed by atoms with Gasteiger partial charge in [0.1, 0.15) is 5.60 Å². The molecule has 1 N–H and O–H groups in total. The molecule has 0 radical (unpaired) electrons. The normalized spacial score (nSPS) is 21.7. The van der Waals surface area contributed by atoms with Crippen molar-refractivity contribution in [1.29, 1.82) is 0 Å². The van der Waals surface area contributed by atoms with Crippen molar-refractivity contribution < 1.29 is 19.4 Å². The minimum atomic E-state index is -2.29. The number of benzene rings is 3. The van der Waals surface area contributed by atoms with Crippen LogP contribution in [0.4, 0.5) is 0 Å². The number of rotatable bonds is 2. The van der Waals surface area contributed by atoms with E-state index < -0.39 is 28.9 Å². The zero-order valence-electron chi connectivity index (χ0n) is 16.8. The van der Waals surface area contributed by atoms with Gasteiger partial charge in [-0.25, -0.2) is 4.79 Å². The molecule has 2 atom stereocenters. The molecule has 0 amide bonds. The Kier molecular flexibility index (Phi) is 4.55. The molecule has 3 aromatic carbocycles. The van der Waals surface area contributed by atoms with Gasteiger partial charge in [-0.3, -0.25) is 4.79 Å². The van der Waals surface area contributed by atoms with Gasteiger partial charge in [-0.1, -0.05) is 66.7 Å². The zero-order chi connectivity index (χ0) is 20.8. The summed E-state index contributed by atoms with van der Waals surface area (Å²) in [4.78, 5) is 26.6. The molecule has 4 heteroatoms. The molecule has 0 bridgehead atoms. The first kappa shape index (κ1) is 19.3. The van der Waals surface area contributed by atoms with Crippen molar-refractivity contribution in [2.75, 3.05) is 0 Å². The highest BCUT2D eigenvalue weighted by Crippen LogP contribution is 2.43. The van der Waals surface area contributed by atoms with Crippen LogP contribution < -0.4 is 0 Å². The monoisotopic (exact) mass is 388 g/mol. The lowest BCUT2D eigenvalue weighted by molar-refractivity contribution is -0.174. The standard InChI is InChI=1S/C25H24O4/c1-24(2,3)29-23(27)25(28)21(15-17-10-5-7-13-19(17)22(25)26)20-14-8-11-16-9-4-6-12-18(16)20/h4-14,21,28H,15H2,1-3H3/t21-,25-/m1/s1. The summed E-state index contributed by atoms with van der Waals surface area (Å²) in [7, 11) is 0. The molecule has 1 aliphatic carbocycles. The van der Waals surface area contributed by atoms with Crippen LogP contribution in [-0.2, 0) is 16.0 Å². The molecule has 0 fully saturated rings. The van der Waals surface area contributed by atoms with Gasteiger partial charge in [0.25, 0.3) is 0 Å². The SMILES string of the molecule is CC(C)(C)OC(=O)[C@]1(O)C(=O)c2ccccc2C[C@@H]1c1cccc2ccccc12. The highest BCUT2D eigenvalue weighted by molar-refractivity contribution is 6.18. The third-order valence-corrected chi connectivity index (χ3v) is 5.45. The van der Waals surface area contributed by atoms with Gasteiger partial charge in [0.2, 0.25) is 11.4 Å². The lowest BCUT2D eigenvalue weighted by atomic mass is 9.68. The molecular weight excluding hydrogens is 364 g/mol. The molecule has 0 heterocycles. The van der Waals surface area contributed by atoms with E-state index in [4.69, 9.17) is 4.74 Å². The Morgan fingerprint density at radius 2 is 1.66 bits per heavy atom.